The van der Waals surface area contributed by atoms with Gasteiger partial charge in [0, 0.05) is 30.4 Å². The van der Waals surface area contributed by atoms with Crippen LogP contribution in [0.2, 0.25) is 0 Å². The second-order valence-corrected chi connectivity index (χ2v) is 4.58. The van der Waals surface area contributed by atoms with Crippen LogP contribution in [0.5, 0.6) is 0 Å². The molecule has 1 fully saturated rings. The second-order valence-electron chi connectivity index (χ2n) is 4.58. The van der Waals surface area contributed by atoms with Crippen molar-refractivity contribution < 1.29 is 13.2 Å². The van der Waals surface area contributed by atoms with Gasteiger partial charge in [0.25, 0.3) is 0 Å². The Kier molecular flexibility index (Phi) is 3.42. The van der Waals surface area contributed by atoms with Crippen molar-refractivity contribution >= 4 is 0 Å². The van der Waals surface area contributed by atoms with E-state index in [4.69, 9.17) is 0 Å². The Labute approximate surface area is 98.0 Å². The fraction of sp³-hybridized carbons (Fsp3) is 0.727. The van der Waals surface area contributed by atoms with E-state index in [2.05, 4.69) is 10.3 Å². The molecule has 0 aliphatic carbocycles. The number of aromatic nitrogens is 2. The van der Waals surface area contributed by atoms with Gasteiger partial charge in [-0.1, -0.05) is 0 Å². The molecule has 1 aliphatic heterocycles. The normalized spacial score (nSPS) is 22.9. The molecule has 1 aliphatic rings. The summed E-state index contributed by atoms with van der Waals surface area (Å²) < 4.78 is 38.7. The molecule has 6 heteroatoms. The van der Waals surface area contributed by atoms with Crippen molar-refractivity contribution in [1.29, 1.82) is 0 Å². The van der Waals surface area contributed by atoms with Crippen molar-refractivity contribution in [3.8, 4) is 0 Å². The molecule has 1 saturated heterocycles. The molecule has 3 nitrogen and oxygen atoms in total. The topological polar surface area (TPSA) is 29.9 Å². The lowest BCUT2D eigenvalue weighted by atomic mass is 10.0. The minimum absolute atomic E-state index is 0.285. The largest absolute Gasteiger partial charge is 0.391 e. The van der Waals surface area contributed by atoms with Crippen molar-refractivity contribution in [1.82, 2.24) is 14.9 Å². The van der Waals surface area contributed by atoms with Crippen molar-refractivity contribution in [2.75, 3.05) is 13.1 Å². The molecule has 0 spiro atoms. The van der Waals surface area contributed by atoms with Crippen LogP contribution >= 0.6 is 0 Å². The number of rotatable bonds is 3. The minimum Gasteiger partial charge on any atom is -0.331 e. The number of nitrogens with zero attached hydrogens (tertiary/aromatic N) is 2. The molecule has 0 bridgehead atoms. The van der Waals surface area contributed by atoms with Gasteiger partial charge in [-0.25, -0.2) is 4.98 Å². The van der Waals surface area contributed by atoms with E-state index in [1.807, 2.05) is 0 Å². The maximum Gasteiger partial charge on any atom is 0.391 e. The van der Waals surface area contributed by atoms with Gasteiger partial charge in [-0.15, -0.1) is 0 Å². The Hall–Kier alpha value is -1.04. The summed E-state index contributed by atoms with van der Waals surface area (Å²) in [4.78, 5) is 3.99. The standard InChI is InChI=1S/C11H16F3N3/c1-8(4-11(12,13)14)17-7-16-6-10(17)9-2-3-15-5-9/h6-9,15H,2-5H2,1H3. The maximum atomic E-state index is 12.4. The molecule has 0 amide bonds. The van der Waals surface area contributed by atoms with Gasteiger partial charge in [0.05, 0.1) is 12.7 Å². The minimum atomic E-state index is -4.13. The highest BCUT2D eigenvalue weighted by atomic mass is 19.4. The van der Waals surface area contributed by atoms with Crippen LogP contribution in [0.4, 0.5) is 13.2 Å². The summed E-state index contributed by atoms with van der Waals surface area (Å²) in [5.41, 5.74) is 0.909. The average molecular weight is 247 g/mol. The van der Waals surface area contributed by atoms with Crippen LogP contribution in [0.3, 0.4) is 0 Å². The van der Waals surface area contributed by atoms with Gasteiger partial charge < -0.3 is 9.88 Å². The molecular weight excluding hydrogens is 231 g/mol. The molecule has 2 unspecified atom stereocenters. The summed E-state index contributed by atoms with van der Waals surface area (Å²) in [6, 6.07) is -0.590. The highest BCUT2D eigenvalue weighted by molar-refractivity contribution is 5.10. The molecule has 1 N–H and O–H groups in total. The van der Waals surface area contributed by atoms with Crippen LogP contribution in [0, 0.1) is 0 Å². The molecule has 1 aromatic heterocycles. The number of hydrogen-bond donors (Lipinski definition) is 1. The Bertz CT molecular complexity index is 366. The first-order valence-corrected chi connectivity index (χ1v) is 5.76. The summed E-state index contributed by atoms with van der Waals surface area (Å²) in [6.07, 6.45) is -0.787. The molecular formula is C11H16F3N3. The van der Waals surface area contributed by atoms with Gasteiger partial charge in [0.1, 0.15) is 0 Å². The summed E-state index contributed by atoms with van der Waals surface area (Å²) in [6.45, 7) is 3.33. The third kappa shape index (κ3) is 3.00. The van der Waals surface area contributed by atoms with Gasteiger partial charge in [0.15, 0.2) is 0 Å². The molecule has 0 aromatic carbocycles. The molecule has 2 atom stereocenters. The first-order valence-electron chi connectivity index (χ1n) is 5.76. The van der Waals surface area contributed by atoms with Crippen LogP contribution < -0.4 is 5.32 Å². The molecule has 0 radical (unpaired) electrons. The van der Waals surface area contributed by atoms with E-state index in [1.165, 1.54) is 6.33 Å². The van der Waals surface area contributed by atoms with E-state index in [0.29, 0.717) is 0 Å². The van der Waals surface area contributed by atoms with Crippen molar-refractivity contribution in [3.63, 3.8) is 0 Å². The van der Waals surface area contributed by atoms with Crippen LogP contribution in [0.25, 0.3) is 0 Å². The lowest BCUT2D eigenvalue weighted by Crippen LogP contribution is -2.19. The third-order valence-electron chi connectivity index (χ3n) is 3.18. The molecule has 0 saturated carbocycles. The van der Waals surface area contributed by atoms with E-state index in [-0.39, 0.29) is 5.92 Å². The predicted octanol–water partition coefficient (Wildman–Crippen LogP) is 2.47. The molecule has 2 rings (SSSR count). The Morgan fingerprint density at radius 3 is 2.94 bits per heavy atom. The lowest BCUT2D eigenvalue weighted by Gasteiger charge is -2.20. The zero-order valence-electron chi connectivity index (χ0n) is 9.67. The zero-order valence-corrected chi connectivity index (χ0v) is 9.67. The summed E-state index contributed by atoms with van der Waals surface area (Å²) in [5, 5.41) is 3.21. The van der Waals surface area contributed by atoms with Crippen LogP contribution in [-0.2, 0) is 0 Å². The van der Waals surface area contributed by atoms with Gasteiger partial charge in [-0.3, -0.25) is 0 Å². The van der Waals surface area contributed by atoms with Gasteiger partial charge >= 0.3 is 6.18 Å². The fourth-order valence-corrected chi connectivity index (χ4v) is 2.34. The Balaban J connectivity index is 2.12. The molecule has 1 aromatic rings. The monoisotopic (exact) mass is 247 g/mol. The van der Waals surface area contributed by atoms with E-state index >= 15 is 0 Å². The predicted molar refractivity (Wildman–Crippen MR) is 57.8 cm³/mol. The van der Waals surface area contributed by atoms with Crippen LogP contribution in [-0.4, -0.2) is 28.8 Å². The first kappa shape index (κ1) is 12.4. The molecule has 96 valence electrons. The first-order chi connectivity index (χ1) is 7.97. The number of hydrogen-bond acceptors (Lipinski definition) is 2. The third-order valence-corrected chi connectivity index (χ3v) is 3.18. The summed E-state index contributed by atoms with van der Waals surface area (Å²) >= 11 is 0. The number of nitrogens with one attached hydrogen (secondary N) is 1. The van der Waals surface area contributed by atoms with Gasteiger partial charge in [0.2, 0.25) is 0 Å². The molecule has 2 heterocycles. The van der Waals surface area contributed by atoms with Crippen molar-refractivity contribution in [2.45, 2.75) is 37.9 Å². The second kappa shape index (κ2) is 4.68. The van der Waals surface area contributed by atoms with E-state index in [0.717, 1.165) is 25.2 Å². The fourth-order valence-electron chi connectivity index (χ4n) is 2.34. The number of alkyl halides is 3. The highest BCUT2D eigenvalue weighted by Gasteiger charge is 2.32. The summed E-state index contributed by atoms with van der Waals surface area (Å²) in [7, 11) is 0. The van der Waals surface area contributed by atoms with Crippen molar-refractivity contribution in [3.05, 3.63) is 18.2 Å². The quantitative estimate of drug-likeness (QED) is 0.889. The smallest absolute Gasteiger partial charge is 0.331 e. The Morgan fingerprint density at radius 1 is 1.59 bits per heavy atom. The van der Waals surface area contributed by atoms with E-state index in [9.17, 15) is 13.2 Å². The Morgan fingerprint density at radius 2 is 2.35 bits per heavy atom. The highest BCUT2D eigenvalue weighted by Crippen LogP contribution is 2.31. The van der Waals surface area contributed by atoms with Gasteiger partial charge in [-0.2, -0.15) is 13.2 Å². The summed E-state index contributed by atoms with van der Waals surface area (Å²) in [5.74, 6) is 0.285. The molecule has 17 heavy (non-hydrogen) atoms. The average Bonchev–Trinajstić information content (AvgIpc) is 2.85. The zero-order chi connectivity index (χ0) is 12.5. The van der Waals surface area contributed by atoms with E-state index in [1.54, 1.807) is 17.7 Å². The van der Waals surface area contributed by atoms with Crippen molar-refractivity contribution in [2.24, 2.45) is 0 Å². The number of imidazole rings is 1. The lowest BCUT2D eigenvalue weighted by molar-refractivity contribution is -0.141. The van der Waals surface area contributed by atoms with E-state index < -0.39 is 18.6 Å². The van der Waals surface area contributed by atoms with Crippen LogP contribution in [0.15, 0.2) is 12.5 Å². The SMILES string of the molecule is CC(CC(F)(F)F)n1cncc1C1CCNC1. The van der Waals surface area contributed by atoms with Gasteiger partial charge in [-0.05, 0) is 19.9 Å². The maximum absolute atomic E-state index is 12.4. The van der Waals surface area contributed by atoms with Crippen LogP contribution in [0.1, 0.15) is 37.4 Å². The number of halogens is 3.